The second-order valence-corrected chi connectivity index (χ2v) is 6.76. The summed E-state index contributed by atoms with van der Waals surface area (Å²) >= 11 is 0. The first-order chi connectivity index (χ1) is 9.43. The van der Waals surface area contributed by atoms with Crippen molar-refractivity contribution >= 4 is 11.9 Å². The SMILES string of the molecule is CC1CCC(CNC(=O)C2CCC(N)C2)(C(=O)O)CC1. The van der Waals surface area contributed by atoms with E-state index in [2.05, 4.69) is 12.2 Å². The molecule has 5 nitrogen and oxygen atoms in total. The lowest BCUT2D eigenvalue weighted by Crippen LogP contribution is -2.46. The van der Waals surface area contributed by atoms with Crippen molar-refractivity contribution in [2.24, 2.45) is 23.0 Å². The highest BCUT2D eigenvalue weighted by molar-refractivity contribution is 5.81. The summed E-state index contributed by atoms with van der Waals surface area (Å²) in [4.78, 5) is 23.7. The van der Waals surface area contributed by atoms with Crippen molar-refractivity contribution in [3.05, 3.63) is 0 Å². The fourth-order valence-electron chi connectivity index (χ4n) is 3.44. The van der Waals surface area contributed by atoms with Gasteiger partial charge in [0.05, 0.1) is 5.41 Å². The summed E-state index contributed by atoms with van der Waals surface area (Å²) in [6, 6.07) is 0.120. The quantitative estimate of drug-likeness (QED) is 0.728. The van der Waals surface area contributed by atoms with Gasteiger partial charge in [0.15, 0.2) is 0 Å². The third kappa shape index (κ3) is 3.32. The number of nitrogens with one attached hydrogen (secondary N) is 1. The summed E-state index contributed by atoms with van der Waals surface area (Å²) in [5, 5.41) is 12.4. The Balaban J connectivity index is 1.89. The third-order valence-electron chi connectivity index (χ3n) is 5.13. The van der Waals surface area contributed by atoms with E-state index in [4.69, 9.17) is 5.73 Å². The van der Waals surface area contributed by atoms with Crippen LogP contribution in [0.1, 0.15) is 51.9 Å². The zero-order valence-corrected chi connectivity index (χ0v) is 12.2. The molecule has 2 saturated carbocycles. The van der Waals surface area contributed by atoms with Crippen LogP contribution in [0.25, 0.3) is 0 Å². The van der Waals surface area contributed by atoms with Gasteiger partial charge in [-0.05, 0) is 50.9 Å². The summed E-state index contributed by atoms with van der Waals surface area (Å²) in [7, 11) is 0. The smallest absolute Gasteiger partial charge is 0.311 e. The number of carbonyl (C=O) groups excluding carboxylic acids is 1. The van der Waals surface area contributed by atoms with E-state index in [9.17, 15) is 14.7 Å². The Morgan fingerprint density at radius 2 is 1.90 bits per heavy atom. The number of aliphatic carboxylic acids is 1. The Kier molecular flexibility index (Phi) is 4.68. The minimum absolute atomic E-state index is 0.0165. The second-order valence-electron chi connectivity index (χ2n) is 6.76. The van der Waals surface area contributed by atoms with E-state index in [1.54, 1.807) is 0 Å². The lowest BCUT2D eigenvalue weighted by Gasteiger charge is -2.36. The zero-order valence-electron chi connectivity index (χ0n) is 12.2. The molecule has 4 N–H and O–H groups in total. The van der Waals surface area contributed by atoms with E-state index in [0.29, 0.717) is 18.8 Å². The molecule has 114 valence electrons. The van der Waals surface area contributed by atoms with Crippen molar-refractivity contribution in [1.82, 2.24) is 5.32 Å². The molecule has 0 bridgehead atoms. The Labute approximate surface area is 120 Å². The standard InChI is InChI=1S/C15H26N2O3/c1-10-4-6-15(7-5-10,14(19)20)9-17-13(18)11-2-3-12(16)8-11/h10-12H,2-9,16H2,1H3,(H,17,18)(H,19,20). The minimum atomic E-state index is -0.771. The number of carboxylic acids is 1. The largest absolute Gasteiger partial charge is 0.481 e. The van der Waals surface area contributed by atoms with E-state index in [1.165, 1.54) is 0 Å². The van der Waals surface area contributed by atoms with Crippen LogP contribution in [0.5, 0.6) is 0 Å². The predicted molar refractivity (Wildman–Crippen MR) is 76.0 cm³/mol. The van der Waals surface area contributed by atoms with Crippen LogP contribution in [-0.4, -0.2) is 29.6 Å². The summed E-state index contributed by atoms with van der Waals surface area (Å²) in [5.41, 5.74) is 5.06. The molecule has 0 radical (unpaired) electrons. The normalized spacial score (nSPS) is 37.6. The van der Waals surface area contributed by atoms with Crippen molar-refractivity contribution in [3.8, 4) is 0 Å². The highest BCUT2D eigenvalue weighted by Crippen LogP contribution is 2.38. The summed E-state index contributed by atoms with van der Waals surface area (Å²) in [5.74, 6) is -0.227. The summed E-state index contributed by atoms with van der Waals surface area (Å²) in [6.07, 6.45) is 5.61. The molecule has 2 aliphatic carbocycles. The lowest BCUT2D eigenvalue weighted by atomic mass is 9.70. The Morgan fingerprint density at radius 1 is 1.25 bits per heavy atom. The van der Waals surface area contributed by atoms with Gasteiger partial charge >= 0.3 is 5.97 Å². The maximum atomic E-state index is 12.1. The van der Waals surface area contributed by atoms with Crippen LogP contribution in [-0.2, 0) is 9.59 Å². The average Bonchev–Trinajstić information content (AvgIpc) is 2.84. The summed E-state index contributed by atoms with van der Waals surface area (Å²) < 4.78 is 0. The molecule has 5 heteroatoms. The van der Waals surface area contributed by atoms with Crippen LogP contribution in [0.15, 0.2) is 0 Å². The number of hydrogen-bond donors (Lipinski definition) is 3. The first kappa shape index (κ1) is 15.3. The van der Waals surface area contributed by atoms with Crippen LogP contribution >= 0.6 is 0 Å². The number of amides is 1. The Hall–Kier alpha value is -1.10. The fraction of sp³-hybridized carbons (Fsp3) is 0.867. The molecule has 0 aliphatic heterocycles. The highest BCUT2D eigenvalue weighted by Gasteiger charge is 2.42. The van der Waals surface area contributed by atoms with Gasteiger partial charge in [0.1, 0.15) is 0 Å². The molecule has 2 fully saturated rings. The van der Waals surface area contributed by atoms with E-state index in [-0.39, 0.29) is 24.4 Å². The topological polar surface area (TPSA) is 92.4 Å². The molecule has 2 rings (SSSR count). The number of hydrogen-bond acceptors (Lipinski definition) is 3. The zero-order chi connectivity index (χ0) is 14.8. The van der Waals surface area contributed by atoms with Crippen molar-refractivity contribution in [2.75, 3.05) is 6.54 Å². The van der Waals surface area contributed by atoms with Crippen molar-refractivity contribution < 1.29 is 14.7 Å². The minimum Gasteiger partial charge on any atom is -0.481 e. The number of rotatable bonds is 4. The first-order valence-electron chi connectivity index (χ1n) is 7.69. The molecule has 0 saturated heterocycles. The monoisotopic (exact) mass is 282 g/mol. The lowest BCUT2D eigenvalue weighted by molar-refractivity contribution is -0.151. The fourth-order valence-corrected chi connectivity index (χ4v) is 3.44. The molecule has 0 aromatic heterocycles. The van der Waals surface area contributed by atoms with Crippen LogP contribution in [0.2, 0.25) is 0 Å². The molecule has 2 atom stereocenters. The predicted octanol–water partition coefficient (Wildman–Crippen LogP) is 1.51. The van der Waals surface area contributed by atoms with Gasteiger partial charge in [-0.1, -0.05) is 6.92 Å². The Bertz CT molecular complexity index is 375. The van der Waals surface area contributed by atoms with E-state index in [1.807, 2.05) is 0 Å². The molecule has 0 aromatic carbocycles. The van der Waals surface area contributed by atoms with Crippen LogP contribution in [0, 0.1) is 17.3 Å². The van der Waals surface area contributed by atoms with Gasteiger partial charge in [0.25, 0.3) is 0 Å². The molecule has 0 heterocycles. The van der Waals surface area contributed by atoms with Gasteiger partial charge in [-0.25, -0.2) is 0 Å². The van der Waals surface area contributed by atoms with Crippen molar-refractivity contribution in [2.45, 2.75) is 57.9 Å². The number of carboxylic acid groups (broad SMARTS) is 1. The van der Waals surface area contributed by atoms with Gasteiger partial charge in [-0.3, -0.25) is 9.59 Å². The summed E-state index contributed by atoms with van der Waals surface area (Å²) in [6.45, 7) is 2.42. The highest BCUT2D eigenvalue weighted by atomic mass is 16.4. The number of nitrogens with two attached hydrogens (primary N) is 1. The molecular formula is C15H26N2O3. The van der Waals surface area contributed by atoms with E-state index in [0.717, 1.165) is 32.1 Å². The van der Waals surface area contributed by atoms with Gasteiger partial charge in [-0.2, -0.15) is 0 Å². The molecule has 0 spiro atoms. The second kappa shape index (κ2) is 6.12. The van der Waals surface area contributed by atoms with Gasteiger partial charge in [-0.15, -0.1) is 0 Å². The average molecular weight is 282 g/mol. The third-order valence-corrected chi connectivity index (χ3v) is 5.13. The van der Waals surface area contributed by atoms with Crippen LogP contribution in [0.3, 0.4) is 0 Å². The maximum absolute atomic E-state index is 12.1. The van der Waals surface area contributed by atoms with Crippen LogP contribution < -0.4 is 11.1 Å². The molecule has 2 unspecified atom stereocenters. The molecule has 20 heavy (non-hydrogen) atoms. The number of carbonyl (C=O) groups is 2. The molecule has 1 amide bonds. The van der Waals surface area contributed by atoms with Gasteiger partial charge in [0.2, 0.25) is 5.91 Å². The van der Waals surface area contributed by atoms with Crippen molar-refractivity contribution in [1.29, 1.82) is 0 Å². The molecule has 2 aliphatic rings. The van der Waals surface area contributed by atoms with E-state index >= 15 is 0 Å². The Morgan fingerprint density at radius 3 is 2.40 bits per heavy atom. The van der Waals surface area contributed by atoms with Gasteiger partial charge < -0.3 is 16.2 Å². The molecule has 0 aromatic rings. The van der Waals surface area contributed by atoms with Gasteiger partial charge in [0, 0.05) is 18.5 Å². The maximum Gasteiger partial charge on any atom is 0.311 e. The van der Waals surface area contributed by atoms with Crippen LogP contribution in [0.4, 0.5) is 0 Å². The first-order valence-corrected chi connectivity index (χ1v) is 7.69. The van der Waals surface area contributed by atoms with E-state index < -0.39 is 11.4 Å². The van der Waals surface area contributed by atoms with Crippen molar-refractivity contribution in [3.63, 3.8) is 0 Å². The molecular weight excluding hydrogens is 256 g/mol.